The summed E-state index contributed by atoms with van der Waals surface area (Å²) in [7, 11) is 0. The van der Waals surface area contributed by atoms with Gasteiger partial charge in [0.1, 0.15) is 23.9 Å². The summed E-state index contributed by atoms with van der Waals surface area (Å²) in [6.07, 6.45) is 1.64. The summed E-state index contributed by atoms with van der Waals surface area (Å²) in [6.45, 7) is 6.58. The molecule has 0 N–H and O–H groups in total. The quantitative estimate of drug-likeness (QED) is 0.653. The molecule has 2 aliphatic heterocycles. The van der Waals surface area contributed by atoms with Crippen molar-refractivity contribution < 1.29 is 18.6 Å². The van der Waals surface area contributed by atoms with Gasteiger partial charge in [-0.05, 0) is 54.8 Å². The number of aryl methyl sites for hydroxylation is 1. The van der Waals surface area contributed by atoms with Crippen LogP contribution in [0.3, 0.4) is 0 Å². The van der Waals surface area contributed by atoms with Gasteiger partial charge in [-0.15, -0.1) is 0 Å². The third-order valence-corrected chi connectivity index (χ3v) is 5.64. The van der Waals surface area contributed by atoms with Crippen molar-refractivity contribution in [3.8, 4) is 17.4 Å². The van der Waals surface area contributed by atoms with Gasteiger partial charge in [-0.2, -0.15) is 0 Å². The molecule has 0 aromatic carbocycles. The van der Waals surface area contributed by atoms with Gasteiger partial charge in [0.25, 0.3) is 5.88 Å². The minimum atomic E-state index is -0.389. The number of nitrogens with zero attached hydrogens (tertiary/aromatic N) is 3. The van der Waals surface area contributed by atoms with Crippen molar-refractivity contribution >= 4 is 15.9 Å². The van der Waals surface area contributed by atoms with Gasteiger partial charge in [-0.3, -0.25) is 4.90 Å². The lowest BCUT2D eigenvalue weighted by Crippen LogP contribution is -2.40. The molecular formula is C20H23BrFN3O3. The number of halogens is 2. The maximum absolute atomic E-state index is 14.3. The summed E-state index contributed by atoms with van der Waals surface area (Å²) in [5.74, 6) is 1.15. The number of hydrogen-bond acceptors (Lipinski definition) is 6. The maximum atomic E-state index is 14.3. The molecule has 4 heterocycles. The summed E-state index contributed by atoms with van der Waals surface area (Å²) in [6, 6.07) is 5.67. The van der Waals surface area contributed by atoms with Crippen LogP contribution in [0.1, 0.15) is 37.2 Å². The van der Waals surface area contributed by atoms with Crippen LogP contribution in [0.5, 0.6) is 17.4 Å². The number of piperidine rings is 1. The topological polar surface area (TPSA) is 56.7 Å². The highest BCUT2D eigenvalue weighted by atomic mass is 79.9. The Morgan fingerprint density at radius 1 is 1.21 bits per heavy atom. The van der Waals surface area contributed by atoms with Gasteiger partial charge in [0.15, 0.2) is 17.3 Å². The molecule has 0 aliphatic carbocycles. The Morgan fingerprint density at radius 3 is 2.75 bits per heavy atom. The molecule has 2 aromatic rings. The van der Waals surface area contributed by atoms with Crippen LogP contribution in [0.4, 0.5) is 4.39 Å². The van der Waals surface area contributed by atoms with Crippen molar-refractivity contribution in [2.75, 3.05) is 26.3 Å². The number of hydrogen-bond donors (Lipinski definition) is 0. The fourth-order valence-electron chi connectivity index (χ4n) is 3.60. The molecule has 0 saturated carbocycles. The number of fused-ring (bicyclic) bond motifs is 1. The predicted octanol–water partition coefficient (Wildman–Crippen LogP) is 4.06. The summed E-state index contributed by atoms with van der Waals surface area (Å²) < 4.78 is 31.9. The van der Waals surface area contributed by atoms with Gasteiger partial charge in [-0.25, -0.2) is 14.4 Å². The van der Waals surface area contributed by atoms with Crippen LogP contribution in [0.25, 0.3) is 0 Å². The molecule has 2 aliphatic rings. The number of likely N-dealkylation sites (tertiary alicyclic amines) is 1. The van der Waals surface area contributed by atoms with Gasteiger partial charge in [0.2, 0.25) is 0 Å². The smallest absolute Gasteiger partial charge is 0.257 e. The van der Waals surface area contributed by atoms with E-state index in [1.165, 1.54) is 0 Å². The molecule has 1 atom stereocenters. The Balaban J connectivity index is 1.37. The Bertz CT molecular complexity index is 859. The summed E-state index contributed by atoms with van der Waals surface area (Å²) >= 11 is 3.30. The fraction of sp³-hybridized carbons (Fsp3) is 0.500. The van der Waals surface area contributed by atoms with E-state index in [4.69, 9.17) is 14.2 Å². The zero-order valence-electron chi connectivity index (χ0n) is 16.0. The molecule has 1 fully saturated rings. The molecular weight excluding hydrogens is 429 g/mol. The van der Waals surface area contributed by atoms with Gasteiger partial charge >= 0.3 is 0 Å². The molecule has 2 aromatic heterocycles. The minimum absolute atomic E-state index is 0.0140. The zero-order valence-corrected chi connectivity index (χ0v) is 17.5. The SMILES string of the molecule is Cc1nc(Br)cc(OC2CCN(C(C)c3ccc4c(n3)OCCO4)CC2)c1F. The first-order chi connectivity index (χ1) is 13.5. The van der Waals surface area contributed by atoms with E-state index in [0.717, 1.165) is 31.6 Å². The van der Waals surface area contributed by atoms with Gasteiger partial charge < -0.3 is 14.2 Å². The molecule has 0 spiro atoms. The van der Waals surface area contributed by atoms with Crippen molar-refractivity contribution in [2.24, 2.45) is 0 Å². The minimum Gasteiger partial charge on any atom is -0.487 e. The first-order valence-electron chi connectivity index (χ1n) is 9.51. The van der Waals surface area contributed by atoms with Crippen molar-refractivity contribution in [1.29, 1.82) is 0 Å². The van der Waals surface area contributed by atoms with Crippen molar-refractivity contribution in [3.05, 3.63) is 40.0 Å². The summed E-state index contributed by atoms with van der Waals surface area (Å²) in [5, 5.41) is 0. The van der Waals surface area contributed by atoms with E-state index < -0.39 is 0 Å². The third-order valence-electron chi connectivity index (χ3n) is 5.23. The van der Waals surface area contributed by atoms with Crippen LogP contribution in [-0.2, 0) is 0 Å². The van der Waals surface area contributed by atoms with E-state index in [1.807, 2.05) is 12.1 Å². The molecule has 8 heteroatoms. The average molecular weight is 452 g/mol. The molecule has 150 valence electrons. The van der Waals surface area contributed by atoms with Crippen LogP contribution >= 0.6 is 15.9 Å². The molecule has 1 unspecified atom stereocenters. The van der Waals surface area contributed by atoms with E-state index in [9.17, 15) is 4.39 Å². The molecule has 0 radical (unpaired) electrons. The highest BCUT2D eigenvalue weighted by Crippen LogP contribution is 2.32. The first kappa shape index (κ1) is 19.4. The normalized spacial score (nSPS) is 18.7. The second kappa shape index (κ2) is 8.21. The first-order valence-corrected chi connectivity index (χ1v) is 10.3. The predicted molar refractivity (Wildman–Crippen MR) is 105 cm³/mol. The molecule has 6 nitrogen and oxygen atoms in total. The lowest BCUT2D eigenvalue weighted by Gasteiger charge is -2.36. The highest BCUT2D eigenvalue weighted by molar-refractivity contribution is 9.10. The van der Waals surface area contributed by atoms with E-state index >= 15 is 0 Å². The Labute approximate surface area is 172 Å². The maximum Gasteiger partial charge on any atom is 0.257 e. The summed E-state index contributed by atoms with van der Waals surface area (Å²) in [5.41, 5.74) is 1.29. The van der Waals surface area contributed by atoms with Gasteiger partial charge in [0.05, 0.1) is 11.4 Å². The van der Waals surface area contributed by atoms with E-state index in [-0.39, 0.29) is 23.7 Å². The number of pyridine rings is 2. The zero-order chi connectivity index (χ0) is 19.7. The average Bonchev–Trinajstić information content (AvgIpc) is 2.71. The second-order valence-electron chi connectivity index (χ2n) is 7.11. The highest BCUT2D eigenvalue weighted by Gasteiger charge is 2.27. The number of aromatic nitrogens is 2. The third kappa shape index (κ3) is 4.07. The number of rotatable bonds is 4. The van der Waals surface area contributed by atoms with Crippen molar-refractivity contribution in [3.63, 3.8) is 0 Å². The van der Waals surface area contributed by atoms with Crippen LogP contribution in [0.2, 0.25) is 0 Å². The van der Waals surface area contributed by atoms with E-state index in [2.05, 4.69) is 37.7 Å². The molecule has 4 rings (SSSR count). The van der Waals surface area contributed by atoms with Gasteiger partial charge in [0, 0.05) is 25.2 Å². The largest absolute Gasteiger partial charge is 0.487 e. The Morgan fingerprint density at radius 2 is 1.96 bits per heavy atom. The molecule has 0 amide bonds. The standard InChI is InChI=1S/C20H23BrFN3O3/c1-12-19(22)17(11-18(21)23-12)28-14-5-7-25(8-6-14)13(2)15-3-4-16-20(24-15)27-10-9-26-16/h3-4,11,13-14H,5-10H2,1-2H3. The Hall–Kier alpha value is -1.93. The van der Waals surface area contributed by atoms with E-state index in [0.29, 0.717) is 35.1 Å². The molecule has 28 heavy (non-hydrogen) atoms. The van der Waals surface area contributed by atoms with E-state index in [1.54, 1.807) is 13.0 Å². The Kier molecular flexibility index (Phi) is 5.68. The lowest BCUT2D eigenvalue weighted by atomic mass is 10.0. The van der Waals surface area contributed by atoms with Crippen molar-refractivity contribution in [2.45, 2.75) is 38.8 Å². The monoisotopic (exact) mass is 451 g/mol. The fourth-order valence-corrected chi connectivity index (χ4v) is 4.08. The van der Waals surface area contributed by atoms with Crippen LogP contribution in [-0.4, -0.2) is 47.3 Å². The van der Waals surface area contributed by atoms with Gasteiger partial charge in [-0.1, -0.05) is 0 Å². The van der Waals surface area contributed by atoms with Crippen LogP contribution in [0.15, 0.2) is 22.8 Å². The lowest BCUT2D eigenvalue weighted by molar-refractivity contribution is 0.0753. The second-order valence-corrected chi connectivity index (χ2v) is 7.92. The molecule has 1 saturated heterocycles. The van der Waals surface area contributed by atoms with Crippen LogP contribution < -0.4 is 14.2 Å². The molecule has 0 bridgehead atoms. The van der Waals surface area contributed by atoms with Crippen molar-refractivity contribution in [1.82, 2.24) is 14.9 Å². The van der Waals surface area contributed by atoms with Crippen LogP contribution in [0, 0.1) is 12.7 Å². The summed E-state index contributed by atoms with van der Waals surface area (Å²) in [4.78, 5) is 11.0. The number of ether oxygens (including phenoxy) is 3.